The molecule has 0 saturated carbocycles. The van der Waals surface area contributed by atoms with Crippen molar-refractivity contribution in [3.8, 4) is 0 Å². The fourth-order valence-electron chi connectivity index (χ4n) is 1.42. The summed E-state index contributed by atoms with van der Waals surface area (Å²) in [5, 5.41) is 12.9. The highest BCUT2D eigenvalue weighted by Gasteiger charge is 2.18. The third-order valence-electron chi connectivity index (χ3n) is 2.45. The fraction of sp³-hybridized carbons (Fsp3) is 0.273. The van der Waals surface area contributed by atoms with Gasteiger partial charge in [-0.1, -0.05) is 0 Å². The quantitative estimate of drug-likeness (QED) is 0.889. The van der Waals surface area contributed by atoms with E-state index in [1.165, 1.54) is 11.3 Å². The average molecular weight is 303 g/mol. The molecule has 0 unspecified atom stereocenters. The molecule has 0 bridgehead atoms. The molecule has 0 aliphatic rings. The van der Waals surface area contributed by atoms with E-state index in [1.54, 1.807) is 13.0 Å². The maximum atomic E-state index is 12.0. The van der Waals surface area contributed by atoms with E-state index in [2.05, 4.69) is 4.72 Å². The SMILES string of the molecule is Cc1cc(S(=O)(=O)NCc2ccsc2)sc1CO. The molecule has 2 rings (SSSR count). The van der Waals surface area contributed by atoms with Gasteiger partial charge in [0, 0.05) is 11.4 Å². The molecule has 0 aliphatic heterocycles. The Kier molecular flexibility index (Phi) is 4.18. The van der Waals surface area contributed by atoms with Crippen LogP contribution in [0.2, 0.25) is 0 Å². The van der Waals surface area contributed by atoms with Gasteiger partial charge in [0.05, 0.1) is 6.61 Å². The van der Waals surface area contributed by atoms with E-state index in [0.717, 1.165) is 22.5 Å². The van der Waals surface area contributed by atoms with Gasteiger partial charge in [0.15, 0.2) is 0 Å². The molecule has 2 N–H and O–H groups in total. The van der Waals surface area contributed by atoms with Crippen molar-refractivity contribution in [2.24, 2.45) is 0 Å². The first-order valence-corrected chi connectivity index (χ1v) is 8.48. The summed E-state index contributed by atoms with van der Waals surface area (Å²) >= 11 is 2.64. The molecule has 18 heavy (non-hydrogen) atoms. The second kappa shape index (κ2) is 5.50. The molecule has 2 aromatic rings. The first-order valence-electron chi connectivity index (χ1n) is 5.24. The van der Waals surface area contributed by atoms with Crippen molar-refractivity contribution >= 4 is 32.7 Å². The number of rotatable bonds is 5. The fourth-order valence-corrected chi connectivity index (χ4v) is 4.60. The van der Waals surface area contributed by atoms with Crippen molar-refractivity contribution in [3.05, 3.63) is 38.9 Å². The minimum Gasteiger partial charge on any atom is -0.391 e. The van der Waals surface area contributed by atoms with Crippen molar-refractivity contribution < 1.29 is 13.5 Å². The van der Waals surface area contributed by atoms with Crippen LogP contribution in [-0.2, 0) is 23.2 Å². The van der Waals surface area contributed by atoms with E-state index in [9.17, 15) is 8.42 Å². The average Bonchev–Trinajstić information content (AvgIpc) is 2.95. The van der Waals surface area contributed by atoms with Gasteiger partial charge < -0.3 is 5.11 Å². The maximum absolute atomic E-state index is 12.0. The Morgan fingerprint density at radius 1 is 1.44 bits per heavy atom. The van der Waals surface area contributed by atoms with Gasteiger partial charge in [-0.25, -0.2) is 13.1 Å². The minimum absolute atomic E-state index is 0.128. The van der Waals surface area contributed by atoms with Gasteiger partial charge in [0.25, 0.3) is 0 Å². The Morgan fingerprint density at radius 3 is 2.78 bits per heavy atom. The molecule has 0 spiro atoms. The normalized spacial score (nSPS) is 11.9. The highest BCUT2D eigenvalue weighted by Crippen LogP contribution is 2.25. The topological polar surface area (TPSA) is 66.4 Å². The summed E-state index contributed by atoms with van der Waals surface area (Å²) in [5.74, 6) is 0. The van der Waals surface area contributed by atoms with Gasteiger partial charge in [-0.05, 0) is 40.9 Å². The molecule has 0 radical (unpaired) electrons. The van der Waals surface area contributed by atoms with Gasteiger partial charge >= 0.3 is 0 Å². The molecule has 2 heterocycles. The van der Waals surface area contributed by atoms with Crippen molar-refractivity contribution in [3.63, 3.8) is 0 Å². The molecule has 2 aromatic heterocycles. The molecule has 0 atom stereocenters. The Hall–Kier alpha value is -0.730. The summed E-state index contributed by atoms with van der Waals surface area (Å²) in [5.41, 5.74) is 1.75. The van der Waals surface area contributed by atoms with Crippen molar-refractivity contribution in [1.29, 1.82) is 0 Å². The second-order valence-electron chi connectivity index (χ2n) is 3.79. The molecule has 0 aromatic carbocycles. The lowest BCUT2D eigenvalue weighted by Gasteiger charge is -2.02. The van der Waals surface area contributed by atoms with Gasteiger partial charge in [-0.2, -0.15) is 11.3 Å². The Morgan fingerprint density at radius 2 is 2.22 bits per heavy atom. The number of aliphatic hydroxyl groups excluding tert-OH is 1. The van der Waals surface area contributed by atoms with E-state index in [-0.39, 0.29) is 17.4 Å². The third kappa shape index (κ3) is 2.99. The summed E-state index contributed by atoms with van der Waals surface area (Å²) in [6.45, 7) is 1.95. The second-order valence-corrected chi connectivity index (χ2v) is 7.70. The summed E-state index contributed by atoms with van der Waals surface area (Å²) in [6.07, 6.45) is 0. The predicted octanol–water partition coefficient (Wildman–Crippen LogP) is 2.09. The van der Waals surface area contributed by atoms with Crippen LogP contribution in [0.4, 0.5) is 0 Å². The van der Waals surface area contributed by atoms with E-state index in [0.29, 0.717) is 4.88 Å². The van der Waals surface area contributed by atoms with Crippen LogP contribution in [0.25, 0.3) is 0 Å². The van der Waals surface area contributed by atoms with E-state index in [1.807, 2.05) is 16.8 Å². The Balaban J connectivity index is 2.14. The lowest BCUT2D eigenvalue weighted by Crippen LogP contribution is -2.22. The van der Waals surface area contributed by atoms with Gasteiger partial charge in [0.1, 0.15) is 4.21 Å². The number of hydrogen-bond acceptors (Lipinski definition) is 5. The highest BCUT2D eigenvalue weighted by molar-refractivity contribution is 7.91. The molecule has 0 amide bonds. The standard InChI is InChI=1S/C11H13NO3S3/c1-8-4-11(17-10(8)6-13)18(14,15)12-5-9-2-3-16-7-9/h2-4,7,12-13H,5-6H2,1H3. The van der Waals surface area contributed by atoms with Crippen molar-refractivity contribution in [2.75, 3.05) is 0 Å². The number of thiophene rings is 2. The first kappa shape index (κ1) is 13.7. The third-order valence-corrected chi connectivity index (χ3v) is 6.28. The Labute approximate surface area is 114 Å². The molecule has 4 nitrogen and oxygen atoms in total. The summed E-state index contributed by atoms with van der Waals surface area (Å²) in [4.78, 5) is 0.686. The van der Waals surface area contributed by atoms with Crippen molar-refractivity contribution in [1.82, 2.24) is 4.72 Å². The molecule has 7 heteroatoms. The predicted molar refractivity (Wildman–Crippen MR) is 73.3 cm³/mol. The van der Waals surface area contributed by atoms with E-state index < -0.39 is 10.0 Å². The van der Waals surface area contributed by atoms with Crippen LogP contribution in [0.3, 0.4) is 0 Å². The van der Waals surface area contributed by atoms with Crippen LogP contribution in [0.15, 0.2) is 27.1 Å². The maximum Gasteiger partial charge on any atom is 0.250 e. The zero-order chi connectivity index (χ0) is 13.2. The molecule has 0 saturated heterocycles. The van der Waals surface area contributed by atoms with Crippen LogP contribution in [0.1, 0.15) is 16.0 Å². The summed E-state index contributed by atoms with van der Waals surface area (Å²) < 4.78 is 26.9. The largest absolute Gasteiger partial charge is 0.391 e. The van der Waals surface area contributed by atoms with Crippen LogP contribution in [0, 0.1) is 6.92 Å². The van der Waals surface area contributed by atoms with Gasteiger partial charge in [-0.15, -0.1) is 11.3 Å². The smallest absolute Gasteiger partial charge is 0.250 e. The highest BCUT2D eigenvalue weighted by atomic mass is 32.2. The van der Waals surface area contributed by atoms with Crippen LogP contribution >= 0.6 is 22.7 Å². The molecule has 0 aliphatic carbocycles. The van der Waals surface area contributed by atoms with Gasteiger partial charge in [0.2, 0.25) is 10.0 Å². The number of aliphatic hydroxyl groups is 1. The van der Waals surface area contributed by atoms with Crippen LogP contribution < -0.4 is 4.72 Å². The first-order chi connectivity index (χ1) is 8.53. The monoisotopic (exact) mass is 303 g/mol. The van der Waals surface area contributed by atoms with E-state index in [4.69, 9.17) is 5.11 Å². The number of hydrogen-bond donors (Lipinski definition) is 2. The summed E-state index contributed by atoms with van der Waals surface area (Å²) in [6, 6.07) is 3.47. The molecule has 0 fully saturated rings. The van der Waals surface area contributed by atoms with Crippen LogP contribution in [0.5, 0.6) is 0 Å². The zero-order valence-electron chi connectivity index (χ0n) is 9.71. The van der Waals surface area contributed by atoms with Gasteiger partial charge in [-0.3, -0.25) is 0 Å². The summed E-state index contributed by atoms with van der Waals surface area (Å²) in [7, 11) is -3.49. The molecule has 98 valence electrons. The van der Waals surface area contributed by atoms with E-state index >= 15 is 0 Å². The van der Waals surface area contributed by atoms with Crippen molar-refractivity contribution in [2.45, 2.75) is 24.3 Å². The molecular formula is C11H13NO3S3. The molecular weight excluding hydrogens is 290 g/mol. The minimum atomic E-state index is -3.49. The number of aryl methyl sites for hydroxylation is 1. The lowest BCUT2D eigenvalue weighted by atomic mass is 10.3. The Bertz CT molecular complexity index is 614. The van der Waals surface area contributed by atoms with Crippen LogP contribution in [-0.4, -0.2) is 13.5 Å². The zero-order valence-corrected chi connectivity index (χ0v) is 12.2. The number of sulfonamides is 1. The number of nitrogens with one attached hydrogen (secondary N) is 1. The lowest BCUT2D eigenvalue weighted by molar-refractivity contribution is 0.285.